The second-order valence-corrected chi connectivity index (χ2v) is 6.35. The van der Waals surface area contributed by atoms with Crippen LogP contribution in [0.1, 0.15) is 25.7 Å². The van der Waals surface area contributed by atoms with Gasteiger partial charge in [-0.15, -0.1) is 0 Å². The summed E-state index contributed by atoms with van der Waals surface area (Å²) in [5.41, 5.74) is 0.389. The molecule has 0 radical (unpaired) electrons. The van der Waals surface area contributed by atoms with Crippen LogP contribution in [0.25, 0.3) is 0 Å². The van der Waals surface area contributed by atoms with Crippen LogP contribution in [-0.4, -0.2) is 62.0 Å². The predicted octanol–water partition coefficient (Wildman–Crippen LogP) is 0.540. The zero-order chi connectivity index (χ0) is 12.6. The lowest BCUT2D eigenvalue weighted by atomic mass is 9.91. The summed E-state index contributed by atoms with van der Waals surface area (Å²) in [6.45, 7) is 6.27. The fourth-order valence-electron chi connectivity index (χ4n) is 3.66. The number of amides is 1. The minimum atomic E-state index is 0.350. The van der Waals surface area contributed by atoms with Crippen molar-refractivity contribution in [3.05, 3.63) is 0 Å². The minimum Gasteiger partial charge on any atom is -0.341 e. The predicted molar refractivity (Wildman–Crippen MR) is 71.3 cm³/mol. The SMILES string of the molecule is CN1CCCN(C(=O)[C@H]2CC23CCNCC3)CC1. The van der Waals surface area contributed by atoms with Gasteiger partial charge in [0.05, 0.1) is 0 Å². The van der Waals surface area contributed by atoms with E-state index < -0.39 is 0 Å². The van der Waals surface area contributed by atoms with Gasteiger partial charge in [-0.2, -0.15) is 0 Å². The summed E-state index contributed by atoms with van der Waals surface area (Å²) in [4.78, 5) is 17.0. The van der Waals surface area contributed by atoms with Gasteiger partial charge in [0.1, 0.15) is 0 Å². The van der Waals surface area contributed by atoms with Gasteiger partial charge >= 0.3 is 0 Å². The Hall–Kier alpha value is -0.610. The first-order valence-corrected chi connectivity index (χ1v) is 7.39. The van der Waals surface area contributed by atoms with E-state index in [1.54, 1.807) is 0 Å². The van der Waals surface area contributed by atoms with E-state index in [2.05, 4.69) is 22.2 Å². The summed E-state index contributed by atoms with van der Waals surface area (Å²) in [5.74, 6) is 0.801. The molecule has 0 aromatic heterocycles. The number of hydrogen-bond acceptors (Lipinski definition) is 3. The lowest BCUT2D eigenvalue weighted by molar-refractivity contribution is -0.133. The number of likely N-dealkylation sites (N-methyl/N-ethyl adjacent to an activating group) is 1. The van der Waals surface area contributed by atoms with E-state index in [1.807, 2.05) is 0 Å². The minimum absolute atomic E-state index is 0.350. The Kier molecular flexibility index (Phi) is 3.32. The van der Waals surface area contributed by atoms with Crippen LogP contribution in [-0.2, 0) is 4.79 Å². The van der Waals surface area contributed by atoms with Gasteiger partial charge < -0.3 is 15.1 Å². The first-order chi connectivity index (χ1) is 8.71. The van der Waals surface area contributed by atoms with E-state index in [4.69, 9.17) is 0 Å². The molecule has 1 saturated carbocycles. The van der Waals surface area contributed by atoms with Crippen molar-refractivity contribution < 1.29 is 4.79 Å². The van der Waals surface area contributed by atoms with Crippen LogP contribution in [0.3, 0.4) is 0 Å². The molecule has 0 aromatic carbocycles. The molecule has 18 heavy (non-hydrogen) atoms. The Morgan fingerprint density at radius 1 is 1.17 bits per heavy atom. The standard InChI is InChI=1S/C14H25N3O/c1-16-7-2-8-17(10-9-16)13(18)12-11-14(12)3-5-15-6-4-14/h12,15H,2-11H2,1H3/t12-/m1/s1. The third-order valence-electron chi connectivity index (χ3n) is 5.12. The third-order valence-corrected chi connectivity index (χ3v) is 5.12. The molecule has 0 aromatic rings. The van der Waals surface area contributed by atoms with Crippen molar-refractivity contribution >= 4 is 5.91 Å². The molecule has 4 nitrogen and oxygen atoms in total. The Balaban J connectivity index is 1.58. The summed E-state index contributed by atoms with van der Waals surface area (Å²) in [5, 5.41) is 3.40. The number of hydrogen-bond donors (Lipinski definition) is 1. The van der Waals surface area contributed by atoms with E-state index in [9.17, 15) is 4.79 Å². The van der Waals surface area contributed by atoms with E-state index >= 15 is 0 Å². The number of piperidine rings is 1. The maximum atomic E-state index is 12.6. The fourth-order valence-corrected chi connectivity index (χ4v) is 3.66. The molecule has 0 bridgehead atoms. The fraction of sp³-hybridized carbons (Fsp3) is 0.929. The van der Waals surface area contributed by atoms with Gasteiger partial charge in [-0.25, -0.2) is 0 Å². The average Bonchev–Trinajstić information content (AvgIpc) is 3.10. The van der Waals surface area contributed by atoms with E-state index in [-0.39, 0.29) is 0 Å². The molecule has 1 aliphatic carbocycles. The van der Waals surface area contributed by atoms with Gasteiger partial charge in [0.2, 0.25) is 5.91 Å². The zero-order valence-corrected chi connectivity index (χ0v) is 11.5. The molecule has 0 unspecified atom stereocenters. The second kappa shape index (κ2) is 4.82. The van der Waals surface area contributed by atoms with Gasteiger partial charge in [0.25, 0.3) is 0 Å². The molecule has 3 fully saturated rings. The molecule has 1 spiro atoms. The third kappa shape index (κ3) is 2.28. The molecular formula is C14H25N3O. The van der Waals surface area contributed by atoms with Gasteiger partial charge in [0, 0.05) is 25.6 Å². The van der Waals surface area contributed by atoms with Crippen LogP contribution in [0, 0.1) is 11.3 Å². The van der Waals surface area contributed by atoms with Crippen LogP contribution in [0.2, 0.25) is 0 Å². The first kappa shape index (κ1) is 12.4. The maximum Gasteiger partial charge on any atom is 0.226 e. The Morgan fingerprint density at radius 2 is 1.94 bits per heavy atom. The van der Waals surface area contributed by atoms with Crippen LogP contribution in [0.5, 0.6) is 0 Å². The molecule has 3 rings (SSSR count). The maximum absolute atomic E-state index is 12.6. The van der Waals surface area contributed by atoms with Crippen LogP contribution >= 0.6 is 0 Å². The zero-order valence-electron chi connectivity index (χ0n) is 11.5. The normalized spacial score (nSPS) is 32.3. The van der Waals surface area contributed by atoms with Gasteiger partial charge in [-0.05, 0) is 57.8 Å². The molecule has 1 amide bonds. The summed E-state index contributed by atoms with van der Waals surface area (Å²) in [6, 6.07) is 0. The first-order valence-electron chi connectivity index (χ1n) is 7.39. The topological polar surface area (TPSA) is 35.6 Å². The highest BCUT2D eigenvalue weighted by atomic mass is 16.2. The smallest absolute Gasteiger partial charge is 0.226 e. The lowest BCUT2D eigenvalue weighted by Crippen LogP contribution is -2.38. The number of carbonyl (C=O) groups excluding carboxylic acids is 1. The summed E-state index contributed by atoms with van der Waals surface area (Å²) >= 11 is 0. The number of nitrogens with zero attached hydrogens (tertiary/aromatic N) is 2. The van der Waals surface area contributed by atoms with Crippen molar-refractivity contribution in [2.24, 2.45) is 11.3 Å². The average molecular weight is 251 g/mol. The molecule has 4 heteroatoms. The number of carbonyl (C=O) groups is 1. The molecule has 1 N–H and O–H groups in total. The van der Waals surface area contributed by atoms with Crippen LogP contribution in [0.15, 0.2) is 0 Å². The Bertz CT molecular complexity index is 319. The summed E-state index contributed by atoms with van der Waals surface area (Å²) < 4.78 is 0. The highest BCUT2D eigenvalue weighted by Gasteiger charge is 2.58. The van der Waals surface area contributed by atoms with Crippen molar-refractivity contribution in [2.45, 2.75) is 25.7 Å². The van der Waals surface area contributed by atoms with E-state index in [0.29, 0.717) is 17.2 Å². The van der Waals surface area contributed by atoms with Crippen molar-refractivity contribution in [1.82, 2.24) is 15.1 Å². The molecule has 2 heterocycles. The molecular weight excluding hydrogens is 226 g/mol. The van der Waals surface area contributed by atoms with E-state index in [1.165, 1.54) is 12.8 Å². The molecule has 2 saturated heterocycles. The van der Waals surface area contributed by atoms with Crippen LogP contribution < -0.4 is 5.32 Å². The highest BCUT2D eigenvalue weighted by Crippen LogP contribution is 2.59. The van der Waals surface area contributed by atoms with Gasteiger partial charge in [0.15, 0.2) is 0 Å². The highest BCUT2D eigenvalue weighted by molar-refractivity contribution is 5.82. The quantitative estimate of drug-likeness (QED) is 0.739. The van der Waals surface area contributed by atoms with Crippen molar-refractivity contribution in [1.29, 1.82) is 0 Å². The molecule has 3 aliphatic rings. The Labute approximate surface area is 110 Å². The summed E-state index contributed by atoms with van der Waals surface area (Å²) in [6.07, 6.45) is 4.69. The molecule has 1 atom stereocenters. The monoisotopic (exact) mass is 251 g/mol. The molecule has 2 aliphatic heterocycles. The second-order valence-electron chi connectivity index (χ2n) is 6.35. The van der Waals surface area contributed by atoms with Gasteiger partial charge in [-0.3, -0.25) is 4.79 Å². The number of rotatable bonds is 1. The van der Waals surface area contributed by atoms with Crippen molar-refractivity contribution in [3.8, 4) is 0 Å². The Morgan fingerprint density at radius 3 is 2.72 bits per heavy atom. The largest absolute Gasteiger partial charge is 0.341 e. The van der Waals surface area contributed by atoms with Crippen molar-refractivity contribution in [2.75, 3.05) is 46.3 Å². The summed E-state index contributed by atoms with van der Waals surface area (Å²) in [7, 11) is 2.15. The van der Waals surface area contributed by atoms with Gasteiger partial charge in [-0.1, -0.05) is 0 Å². The lowest BCUT2D eigenvalue weighted by Gasteiger charge is -2.26. The van der Waals surface area contributed by atoms with Crippen LogP contribution in [0.4, 0.5) is 0 Å². The van der Waals surface area contributed by atoms with E-state index in [0.717, 1.165) is 52.1 Å². The molecule has 102 valence electrons. The number of nitrogens with one attached hydrogen (secondary N) is 1. The van der Waals surface area contributed by atoms with Crippen molar-refractivity contribution in [3.63, 3.8) is 0 Å².